The van der Waals surface area contributed by atoms with Gasteiger partial charge in [-0.15, -0.1) is 0 Å². The highest BCUT2D eigenvalue weighted by molar-refractivity contribution is 5.27. The van der Waals surface area contributed by atoms with Gasteiger partial charge in [-0.25, -0.2) is 0 Å². The first-order valence-electron chi connectivity index (χ1n) is 4.93. The lowest BCUT2D eigenvalue weighted by atomic mass is 9.98. The molecule has 0 saturated carbocycles. The van der Waals surface area contributed by atoms with Crippen molar-refractivity contribution in [1.29, 1.82) is 0 Å². The van der Waals surface area contributed by atoms with Crippen molar-refractivity contribution in [2.75, 3.05) is 0 Å². The number of benzene rings is 1. The summed E-state index contributed by atoms with van der Waals surface area (Å²) in [6.07, 6.45) is 0.473. The molecule has 1 aromatic rings. The van der Waals surface area contributed by atoms with E-state index in [4.69, 9.17) is 0 Å². The van der Waals surface area contributed by atoms with Gasteiger partial charge < -0.3 is 5.11 Å². The van der Waals surface area contributed by atoms with E-state index in [-0.39, 0.29) is 6.10 Å². The van der Waals surface area contributed by atoms with E-state index in [1.54, 1.807) is 0 Å². The van der Waals surface area contributed by atoms with Gasteiger partial charge in [0.05, 0.1) is 6.10 Å². The van der Waals surface area contributed by atoms with Crippen LogP contribution < -0.4 is 0 Å². The fraction of sp³-hybridized carbons (Fsp3) is 0.500. The third-order valence-electron chi connectivity index (χ3n) is 2.35. The van der Waals surface area contributed by atoms with E-state index in [2.05, 4.69) is 26.0 Å². The van der Waals surface area contributed by atoms with Gasteiger partial charge in [-0.3, -0.25) is 0 Å². The average molecular weight is 178 g/mol. The Kier molecular flexibility index (Phi) is 3.49. The second-order valence-electron chi connectivity index (χ2n) is 3.75. The molecule has 0 spiro atoms. The van der Waals surface area contributed by atoms with Crippen molar-refractivity contribution < 1.29 is 5.11 Å². The molecule has 0 amide bonds. The number of hydrogen-bond acceptors (Lipinski definition) is 1. The van der Waals surface area contributed by atoms with Crippen molar-refractivity contribution >= 4 is 0 Å². The second kappa shape index (κ2) is 4.43. The molecule has 0 aromatic heterocycles. The maximum Gasteiger partial charge on any atom is 0.0787 e. The Hall–Kier alpha value is -0.820. The van der Waals surface area contributed by atoms with E-state index in [0.29, 0.717) is 5.92 Å². The molecule has 0 saturated heterocycles. The molecule has 1 unspecified atom stereocenters. The molecule has 13 heavy (non-hydrogen) atoms. The molecule has 1 aromatic carbocycles. The lowest BCUT2D eigenvalue weighted by Gasteiger charge is -2.11. The SMILES string of the molecule is CCC(O)c1cccc(C(C)C)c1. The van der Waals surface area contributed by atoms with Gasteiger partial charge in [-0.2, -0.15) is 0 Å². The molecule has 1 heteroatoms. The summed E-state index contributed by atoms with van der Waals surface area (Å²) >= 11 is 0. The standard InChI is InChI=1S/C12H18O/c1-4-12(13)11-7-5-6-10(8-11)9(2)3/h5-9,12-13H,4H2,1-3H3. The molecule has 0 heterocycles. The van der Waals surface area contributed by atoms with Crippen molar-refractivity contribution in [3.05, 3.63) is 35.4 Å². The number of hydrogen-bond donors (Lipinski definition) is 1. The lowest BCUT2D eigenvalue weighted by Crippen LogP contribution is -1.97. The van der Waals surface area contributed by atoms with Gasteiger partial charge in [0.2, 0.25) is 0 Å². The van der Waals surface area contributed by atoms with E-state index >= 15 is 0 Å². The van der Waals surface area contributed by atoms with Gasteiger partial charge in [-0.1, -0.05) is 45.0 Å². The Balaban J connectivity index is 2.91. The fourth-order valence-electron chi connectivity index (χ4n) is 1.36. The van der Waals surface area contributed by atoms with Crippen LogP contribution in [0, 0.1) is 0 Å². The Bertz CT molecular complexity index is 266. The molecule has 1 rings (SSSR count). The quantitative estimate of drug-likeness (QED) is 0.753. The summed E-state index contributed by atoms with van der Waals surface area (Å²) < 4.78 is 0. The number of aliphatic hydroxyl groups excluding tert-OH is 1. The zero-order chi connectivity index (χ0) is 9.84. The van der Waals surface area contributed by atoms with Crippen molar-refractivity contribution in [3.63, 3.8) is 0 Å². The normalized spacial score (nSPS) is 13.3. The molecule has 0 aliphatic heterocycles. The van der Waals surface area contributed by atoms with Crippen LogP contribution in [0.5, 0.6) is 0 Å². The van der Waals surface area contributed by atoms with Crippen LogP contribution in [-0.2, 0) is 0 Å². The highest BCUT2D eigenvalue weighted by Gasteiger charge is 2.06. The van der Waals surface area contributed by atoms with Gasteiger partial charge in [-0.05, 0) is 23.5 Å². The Labute approximate surface area is 80.4 Å². The largest absolute Gasteiger partial charge is 0.388 e. The van der Waals surface area contributed by atoms with Gasteiger partial charge in [0.25, 0.3) is 0 Å². The molecule has 0 radical (unpaired) electrons. The minimum atomic E-state index is -0.307. The maximum absolute atomic E-state index is 9.64. The average Bonchev–Trinajstić information content (AvgIpc) is 2.17. The predicted molar refractivity (Wildman–Crippen MR) is 55.8 cm³/mol. The fourth-order valence-corrected chi connectivity index (χ4v) is 1.36. The van der Waals surface area contributed by atoms with E-state index in [1.807, 2.05) is 19.1 Å². The Morgan fingerprint density at radius 1 is 1.23 bits per heavy atom. The van der Waals surface area contributed by atoms with Crippen LogP contribution in [-0.4, -0.2) is 5.11 Å². The Morgan fingerprint density at radius 3 is 2.38 bits per heavy atom. The maximum atomic E-state index is 9.64. The van der Waals surface area contributed by atoms with Gasteiger partial charge in [0.15, 0.2) is 0 Å². The first-order valence-corrected chi connectivity index (χ1v) is 4.93. The molecule has 1 atom stereocenters. The zero-order valence-electron chi connectivity index (χ0n) is 8.62. The molecular weight excluding hydrogens is 160 g/mol. The van der Waals surface area contributed by atoms with E-state index in [1.165, 1.54) is 5.56 Å². The topological polar surface area (TPSA) is 20.2 Å². The molecule has 1 N–H and O–H groups in total. The van der Waals surface area contributed by atoms with Crippen molar-refractivity contribution in [2.24, 2.45) is 0 Å². The minimum absolute atomic E-state index is 0.307. The molecule has 72 valence electrons. The van der Waals surface area contributed by atoms with Gasteiger partial charge in [0.1, 0.15) is 0 Å². The van der Waals surface area contributed by atoms with Crippen molar-refractivity contribution in [3.8, 4) is 0 Å². The summed E-state index contributed by atoms with van der Waals surface area (Å²) in [7, 11) is 0. The summed E-state index contributed by atoms with van der Waals surface area (Å²) in [5.74, 6) is 0.531. The summed E-state index contributed by atoms with van der Waals surface area (Å²) in [6.45, 7) is 6.32. The van der Waals surface area contributed by atoms with Crippen LogP contribution in [0.15, 0.2) is 24.3 Å². The first kappa shape index (κ1) is 10.3. The lowest BCUT2D eigenvalue weighted by molar-refractivity contribution is 0.173. The zero-order valence-corrected chi connectivity index (χ0v) is 8.62. The monoisotopic (exact) mass is 178 g/mol. The van der Waals surface area contributed by atoms with Gasteiger partial charge in [0, 0.05) is 0 Å². The number of rotatable bonds is 3. The summed E-state index contributed by atoms with van der Waals surface area (Å²) in [6, 6.07) is 8.21. The molecule has 1 nitrogen and oxygen atoms in total. The first-order chi connectivity index (χ1) is 6.15. The van der Waals surface area contributed by atoms with E-state index in [9.17, 15) is 5.11 Å². The third kappa shape index (κ3) is 2.56. The van der Waals surface area contributed by atoms with Crippen LogP contribution in [0.4, 0.5) is 0 Å². The molecule has 0 aliphatic carbocycles. The summed E-state index contributed by atoms with van der Waals surface area (Å²) in [5, 5.41) is 9.64. The van der Waals surface area contributed by atoms with Gasteiger partial charge >= 0.3 is 0 Å². The smallest absolute Gasteiger partial charge is 0.0787 e. The molecule has 0 fully saturated rings. The third-order valence-corrected chi connectivity index (χ3v) is 2.35. The molecular formula is C12H18O. The summed E-state index contributed by atoms with van der Waals surface area (Å²) in [4.78, 5) is 0. The van der Waals surface area contributed by atoms with Crippen molar-refractivity contribution in [1.82, 2.24) is 0 Å². The number of aliphatic hydroxyl groups is 1. The highest BCUT2D eigenvalue weighted by atomic mass is 16.3. The van der Waals surface area contributed by atoms with Crippen LogP contribution in [0.25, 0.3) is 0 Å². The molecule has 0 bridgehead atoms. The second-order valence-corrected chi connectivity index (χ2v) is 3.75. The van der Waals surface area contributed by atoms with E-state index < -0.39 is 0 Å². The van der Waals surface area contributed by atoms with E-state index in [0.717, 1.165) is 12.0 Å². The van der Waals surface area contributed by atoms with Crippen LogP contribution in [0.1, 0.15) is 50.3 Å². The van der Waals surface area contributed by atoms with Crippen LogP contribution in [0.2, 0.25) is 0 Å². The molecule has 0 aliphatic rings. The van der Waals surface area contributed by atoms with Crippen molar-refractivity contribution in [2.45, 2.75) is 39.2 Å². The van der Waals surface area contributed by atoms with Crippen LogP contribution in [0.3, 0.4) is 0 Å². The highest BCUT2D eigenvalue weighted by Crippen LogP contribution is 2.21. The summed E-state index contributed by atoms with van der Waals surface area (Å²) in [5.41, 5.74) is 2.33. The minimum Gasteiger partial charge on any atom is -0.388 e. The predicted octanol–water partition coefficient (Wildman–Crippen LogP) is 3.25. The Morgan fingerprint density at radius 2 is 1.85 bits per heavy atom. The van der Waals surface area contributed by atoms with Crippen LogP contribution >= 0.6 is 0 Å².